The van der Waals surface area contributed by atoms with Gasteiger partial charge in [0.15, 0.2) is 0 Å². The topological polar surface area (TPSA) is 55.8 Å². The molecular formula is C27H23ClFNO4. The van der Waals surface area contributed by atoms with Gasteiger partial charge in [-0.1, -0.05) is 42.4 Å². The normalized spacial score (nSPS) is 17.1. The van der Waals surface area contributed by atoms with Gasteiger partial charge in [0.1, 0.15) is 11.6 Å². The van der Waals surface area contributed by atoms with Crippen molar-refractivity contribution in [2.45, 2.75) is 12.5 Å². The summed E-state index contributed by atoms with van der Waals surface area (Å²) in [7, 11) is 1.31. The van der Waals surface area contributed by atoms with E-state index >= 15 is 0 Å². The van der Waals surface area contributed by atoms with Gasteiger partial charge in [0.25, 0.3) is 0 Å². The molecule has 1 fully saturated rings. The lowest BCUT2D eigenvalue weighted by atomic mass is 9.79. The maximum Gasteiger partial charge on any atom is 0.337 e. The van der Waals surface area contributed by atoms with E-state index in [1.54, 1.807) is 41.3 Å². The van der Waals surface area contributed by atoms with Crippen molar-refractivity contribution in [3.8, 4) is 5.75 Å². The van der Waals surface area contributed by atoms with Gasteiger partial charge in [0.05, 0.1) is 31.2 Å². The summed E-state index contributed by atoms with van der Waals surface area (Å²) in [5, 5.41) is 0.586. The molecule has 1 saturated heterocycles. The molecule has 0 spiro atoms. The molecule has 0 N–H and O–H groups in total. The molecule has 0 aliphatic carbocycles. The van der Waals surface area contributed by atoms with Crippen LogP contribution in [0.5, 0.6) is 5.75 Å². The van der Waals surface area contributed by atoms with Crippen LogP contribution in [0.15, 0.2) is 79.4 Å². The van der Waals surface area contributed by atoms with E-state index in [9.17, 15) is 14.0 Å². The van der Waals surface area contributed by atoms with Gasteiger partial charge in [-0.25, -0.2) is 9.18 Å². The molecule has 3 aromatic carbocycles. The van der Waals surface area contributed by atoms with Crippen molar-refractivity contribution < 1.29 is 23.5 Å². The van der Waals surface area contributed by atoms with Gasteiger partial charge < -0.3 is 14.4 Å². The molecule has 5 nitrogen and oxygen atoms in total. The molecule has 4 rings (SSSR count). The summed E-state index contributed by atoms with van der Waals surface area (Å²) >= 11 is 6.03. The fraction of sp³-hybridized carbons (Fsp3) is 0.185. The van der Waals surface area contributed by atoms with Crippen LogP contribution in [0.1, 0.15) is 23.6 Å². The molecule has 3 aromatic rings. The number of amides is 1. The Labute approximate surface area is 202 Å². The van der Waals surface area contributed by atoms with Gasteiger partial charge in [-0.2, -0.15) is 0 Å². The molecule has 174 valence electrons. The number of carbonyl (C=O) groups excluding carboxylic acids is 2. The third kappa shape index (κ3) is 4.82. The molecule has 0 aromatic heterocycles. The molecule has 1 heterocycles. The monoisotopic (exact) mass is 479 g/mol. The van der Waals surface area contributed by atoms with Crippen LogP contribution in [0.4, 0.5) is 10.1 Å². The summed E-state index contributed by atoms with van der Waals surface area (Å²) in [6, 6.07) is 20.0. The standard InChI is InChI=1S/C27H23ClFNO4/c1-17(27(32)33-2)18-3-5-19(6-4-18)25-24(15-16-34-23-13-9-21(29)10-14-23)26(31)30(25)22-11-7-20(28)8-12-22/h3-14,24-25H,1,15-16H2,2H3. The minimum atomic E-state index is -0.495. The highest BCUT2D eigenvalue weighted by molar-refractivity contribution is 6.30. The van der Waals surface area contributed by atoms with Crippen LogP contribution in [-0.4, -0.2) is 25.6 Å². The van der Waals surface area contributed by atoms with E-state index in [2.05, 4.69) is 6.58 Å². The van der Waals surface area contributed by atoms with Gasteiger partial charge in [0, 0.05) is 10.7 Å². The number of anilines is 1. The first-order valence-corrected chi connectivity index (χ1v) is 11.1. The number of halogens is 2. The van der Waals surface area contributed by atoms with E-state index in [1.165, 1.54) is 19.2 Å². The number of hydrogen-bond acceptors (Lipinski definition) is 4. The predicted octanol–water partition coefficient (Wildman–Crippen LogP) is 5.84. The average Bonchev–Trinajstić information content (AvgIpc) is 2.86. The largest absolute Gasteiger partial charge is 0.494 e. The first-order chi connectivity index (χ1) is 16.4. The second-order valence-electron chi connectivity index (χ2n) is 7.92. The van der Waals surface area contributed by atoms with Crippen molar-refractivity contribution >= 4 is 34.7 Å². The molecule has 0 saturated carbocycles. The zero-order valence-electron chi connectivity index (χ0n) is 18.5. The van der Waals surface area contributed by atoms with Gasteiger partial charge in [-0.3, -0.25) is 4.79 Å². The molecular weight excluding hydrogens is 457 g/mol. The van der Waals surface area contributed by atoms with Crippen LogP contribution in [-0.2, 0) is 14.3 Å². The van der Waals surface area contributed by atoms with E-state index in [0.29, 0.717) is 29.4 Å². The lowest BCUT2D eigenvalue weighted by molar-refractivity contribution is -0.133. The van der Waals surface area contributed by atoms with Crippen molar-refractivity contribution in [1.29, 1.82) is 0 Å². The summed E-state index contributed by atoms with van der Waals surface area (Å²) in [4.78, 5) is 26.7. The second kappa shape index (κ2) is 10.1. The third-order valence-corrected chi connectivity index (χ3v) is 6.11. The summed E-state index contributed by atoms with van der Waals surface area (Å²) in [6.07, 6.45) is 0.488. The number of benzene rings is 3. The van der Waals surface area contributed by atoms with Crippen molar-refractivity contribution in [1.82, 2.24) is 0 Å². The smallest absolute Gasteiger partial charge is 0.337 e. The molecule has 1 aliphatic heterocycles. The van der Waals surface area contributed by atoms with Crippen LogP contribution in [0.25, 0.3) is 5.57 Å². The maximum atomic E-state index is 13.1. The van der Waals surface area contributed by atoms with E-state index in [0.717, 1.165) is 11.3 Å². The second-order valence-corrected chi connectivity index (χ2v) is 8.36. The zero-order valence-corrected chi connectivity index (χ0v) is 19.3. The molecule has 1 amide bonds. The highest BCUT2D eigenvalue weighted by Gasteiger charge is 2.48. The van der Waals surface area contributed by atoms with Crippen molar-refractivity contribution in [2.75, 3.05) is 18.6 Å². The van der Waals surface area contributed by atoms with E-state index in [-0.39, 0.29) is 29.3 Å². The first kappa shape index (κ1) is 23.5. The van der Waals surface area contributed by atoms with Crippen LogP contribution in [0.3, 0.4) is 0 Å². The number of β-lactam (4-membered cyclic amide) rings is 1. The Balaban J connectivity index is 1.55. The van der Waals surface area contributed by atoms with Gasteiger partial charge in [-0.05, 0) is 66.1 Å². The van der Waals surface area contributed by atoms with Crippen LogP contribution in [0, 0.1) is 11.7 Å². The van der Waals surface area contributed by atoms with Crippen LogP contribution < -0.4 is 9.64 Å². The third-order valence-electron chi connectivity index (χ3n) is 5.86. The Morgan fingerprint density at radius 3 is 2.29 bits per heavy atom. The predicted molar refractivity (Wildman–Crippen MR) is 129 cm³/mol. The Morgan fingerprint density at radius 2 is 1.68 bits per heavy atom. The number of carbonyl (C=O) groups is 2. The first-order valence-electron chi connectivity index (χ1n) is 10.7. The SMILES string of the molecule is C=C(C(=O)OC)c1ccc(C2C(CCOc3ccc(F)cc3)C(=O)N2c2ccc(Cl)cc2)cc1. The van der Waals surface area contributed by atoms with Crippen molar-refractivity contribution in [3.05, 3.63) is 101 Å². The average molecular weight is 480 g/mol. The molecule has 2 atom stereocenters. The Bertz CT molecular complexity index is 1190. The highest BCUT2D eigenvalue weighted by atomic mass is 35.5. The fourth-order valence-corrected chi connectivity index (χ4v) is 4.18. The molecule has 1 aliphatic rings. The van der Waals surface area contributed by atoms with E-state index in [4.69, 9.17) is 21.1 Å². The number of esters is 1. The number of hydrogen-bond donors (Lipinski definition) is 0. The molecule has 0 bridgehead atoms. The van der Waals surface area contributed by atoms with Gasteiger partial charge in [0.2, 0.25) is 5.91 Å². The highest BCUT2D eigenvalue weighted by Crippen LogP contribution is 2.45. The zero-order chi connectivity index (χ0) is 24.2. The van der Waals surface area contributed by atoms with Crippen molar-refractivity contribution in [3.63, 3.8) is 0 Å². The Morgan fingerprint density at radius 1 is 1.03 bits per heavy atom. The number of nitrogens with zero attached hydrogens (tertiary/aromatic N) is 1. The van der Waals surface area contributed by atoms with Crippen LogP contribution >= 0.6 is 11.6 Å². The van der Waals surface area contributed by atoms with Crippen molar-refractivity contribution in [2.24, 2.45) is 5.92 Å². The quantitative estimate of drug-likeness (QED) is 0.231. The molecule has 34 heavy (non-hydrogen) atoms. The molecule has 0 radical (unpaired) electrons. The lowest BCUT2D eigenvalue weighted by Gasteiger charge is -2.47. The summed E-state index contributed by atoms with van der Waals surface area (Å²) in [5.41, 5.74) is 2.58. The summed E-state index contributed by atoms with van der Waals surface area (Å²) in [6.45, 7) is 4.10. The van der Waals surface area contributed by atoms with E-state index in [1.807, 2.05) is 24.3 Å². The fourth-order valence-electron chi connectivity index (χ4n) is 4.06. The lowest BCUT2D eigenvalue weighted by Crippen LogP contribution is -2.55. The number of rotatable bonds is 8. The van der Waals surface area contributed by atoms with Crippen LogP contribution in [0.2, 0.25) is 5.02 Å². The Hall–Kier alpha value is -3.64. The number of methoxy groups -OCH3 is 1. The maximum absolute atomic E-state index is 13.1. The number of ether oxygens (including phenoxy) is 2. The minimum absolute atomic E-state index is 0.0157. The Kier molecular flexibility index (Phi) is 6.98. The summed E-state index contributed by atoms with van der Waals surface area (Å²) < 4.78 is 23.6. The molecule has 7 heteroatoms. The van der Waals surface area contributed by atoms with E-state index < -0.39 is 5.97 Å². The summed E-state index contributed by atoms with van der Waals surface area (Å²) in [5.74, 6) is -0.600. The van der Waals surface area contributed by atoms with Gasteiger partial charge >= 0.3 is 5.97 Å². The minimum Gasteiger partial charge on any atom is -0.494 e. The molecule has 2 unspecified atom stereocenters. The van der Waals surface area contributed by atoms with Gasteiger partial charge in [-0.15, -0.1) is 0 Å².